The molecule has 2 atom stereocenters. The van der Waals surface area contributed by atoms with Crippen LogP contribution in [0.15, 0.2) is 23.8 Å². The van der Waals surface area contributed by atoms with Crippen LogP contribution < -0.4 is 0 Å². The van der Waals surface area contributed by atoms with Gasteiger partial charge in [-0.3, -0.25) is 0 Å². The fourth-order valence-corrected chi connectivity index (χ4v) is 2.88. The van der Waals surface area contributed by atoms with Gasteiger partial charge in [-0.1, -0.05) is 37.6 Å². The quantitative estimate of drug-likeness (QED) is 0.717. The van der Waals surface area contributed by atoms with Gasteiger partial charge in [0.15, 0.2) is 0 Å². The summed E-state index contributed by atoms with van der Waals surface area (Å²) < 4.78 is 0. The van der Waals surface area contributed by atoms with Crippen molar-refractivity contribution in [2.24, 2.45) is 17.3 Å². The van der Waals surface area contributed by atoms with E-state index in [1.165, 1.54) is 17.6 Å². The molecule has 0 heterocycles. The number of rotatable bonds is 3. The molecule has 1 rings (SSSR count). The van der Waals surface area contributed by atoms with Crippen LogP contribution in [0.25, 0.3) is 0 Å². The maximum absolute atomic E-state index is 9.52. The zero-order chi connectivity index (χ0) is 12.3. The molecule has 0 bridgehead atoms. The number of aliphatic hydroxyl groups excluding tert-OH is 1. The summed E-state index contributed by atoms with van der Waals surface area (Å²) in [6.07, 6.45) is 5.76. The minimum atomic E-state index is 0.177. The molecule has 0 aromatic carbocycles. The molecule has 1 nitrogen and oxygen atoms in total. The summed E-state index contributed by atoms with van der Waals surface area (Å²) in [5.41, 5.74) is 2.80. The van der Waals surface area contributed by atoms with Crippen LogP contribution in [0.3, 0.4) is 0 Å². The van der Waals surface area contributed by atoms with Gasteiger partial charge in [0, 0.05) is 5.92 Å². The third-order valence-electron chi connectivity index (χ3n) is 4.25. The topological polar surface area (TPSA) is 20.2 Å². The maximum atomic E-state index is 9.52. The van der Waals surface area contributed by atoms with Gasteiger partial charge in [-0.15, -0.1) is 0 Å². The third kappa shape index (κ3) is 2.76. The highest BCUT2D eigenvalue weighted by Crippen LogP contribution is 2.48. The lowest BCUT2D eigenvalue weighted by Gasteiger charge is -2.45. The Bertz CT molecular complexity index is 282. The molecule has 1 aliphatic carbocycles. The van der Waals surface area contributed by atoms with E-state index < -0.39 is 0 Å². The molecule has 0 unspecified atom stereocenters. The summed E-state index contributed by atoms with van der Waals surface area (Å²) in [5, 5.41) is 9.52. The lowest BCUT2D eigenvalue weighted by Crippen LogP contribution is -2.39. The van der Waals surface area contributed by atoms with Crippen molar-refractivity contribution in [3.05, 3.63) is 23.8 Å². The SMILES string of the molecule is C=C1CC[C@H](CC=C(C)C)C(C)(C)[C@@H]1CO. The zero-order valence-corrected chi connectivity index (χ0v) is 11.2. The molecule has 0 amide bonds. The molecular weight excluding hydrogens is 196 g/mol. The molecule has 0 spiro atoms. The predicted octanol–water partition coefficient (Wildman–Crippen LogP) is 3.94. The predicted molar refractivity (Wildman–Crippen MR) is 70.3 cm³/mol. The summed E-state index contributed by atoms with van der Waals surface area (Å²) >= 11 is 0. The highest BCUT2D eigenvalue weighted by molar-refractivity contribution is 5.12. The van der Waals surface area contributed by atoms with Gasteiger partial charge in [-0.25, -0.2) is 0 Å². The van der Waals surface area contributed by atoms with E-state index in [1.54, 1.807) is 0 Å². The van der Waals surface area contributed by atoms with Crippen LogP contribution in [0.2, 0.25) is 0 Å². The molecule has 1 N–H and O–H groups in total. The molecule has 16 heavy (non-hydrogen) atoms. The molecule has 1 aliphatic rings. The summed E-state index contributed by atoms with van der Waals surface area (Å²) in [6.45, 7) is 13.2. The van der Waals surface area contributed by atoms with E-state index in [9.17, 15) is 5.11 Å². The van der Waals surface area contributed by atoms with E-state index in [0.29, 0.717) is 5.92 Å². The second-order valence-corrected chi connectivity index (χ2v) is 5.97. The molecule has 0 saturated heterocycles. The first-order chi connectivity index (χ1) is 7.39. The number of hydrogen-bond acceptors (Lipinski definition) is 1. The number of allylic oxidation sites excluding steroid dienone is 2. The van der Waals surface area contributed by atoms with E-state index in [1.807, 2.05) is 0 Å². The van der Waals surface area contributed by atoms with E-state index in [-0.39, 0.29) is 17.9 Å². The Morgan fingerprint density at radius 3 is 2.62 bits per heavy atom. The molecule has 1 saturated carbocycles. The van der Waals surface area contributed by atoms with Crippen molar-refractivity contribution < 1.29 is 5.11 Å². The van der Waals surface area contributed by atoms with Crippen molar-refractivity contribution in [1.29, 1.82) is 0 Å². The highest BCUT2D eigenvalue weighted by Gasteiger charge is 2.40. The molecule has 1 fully saturated rings. The summed E-state index contributed by atoms with van der Waals surface area (Å²) in [4.78, 5) is 0. The van der Waals surface area contributed by atoms with E-state index >= 15 is 0 Å². The molecule has 1 heteroatoms. The Kier molecular flexibility index (Phi) is 4.37. The second-order valence-electron chi connectivity index (χ2n) is 5.97. The van der Waals surface area contributed by atoms with Gasteiger partial charge < -0.3 is 5.11 Å². The highest BCUT2D eigenvalue weighted by atomic mass is 16.3. The molecule has 92 valence electrons. The average Bonchev–Trinajstić information content (AvgIpc) is 2.15. The van der Waals surface area contributed by atoms with Crippen LogP contribution in [-0.2, 0) is 0 Å². The standard InChI is InChI=1S/C15H26O/c1-11(2)6-8-13-9-7-12(3)14(10-16)15(13,4)5/h6,13-14,16H,3,7-10H2,1-2,4-5H3/t13-,14+/m0/s1. The molecule has 0 aromatic heterocycles. The summed E-state index contributed by atoms with van der Waals surface area (Å²) in [5.74, 6) is 0.946. The Morgan fingerprint density at radius 2 is 2.12 bits per heavy atom. The number of hydrogen-bond donors (Lipinski definition) is 1. The van der Waals surface area contributed by atoms with Crippen LogP contribution >= 0.6 is 0 Å². The largest absolute Gasteiger partial charge is 0.396 e. The van der Waals surface area contributed by atoms with Crippen LogP contribution in [0, 0.1) is 17.3 Å². The van der Waals surface area contributed by atoms with Crippen molar-refractivity contribution in [2.45, 2.75) is 47.0 Å². The lowest BCUT2D eigenvalue weighted by molar-refractivity contribution is 0.0575. The Balaban J connectivity index is 2.79. The van der Waals surface area contributed by atoms with Crippen molar-refractivity contribution in [2.75, 3.05) is 6.61 Å². The van der Waals surface area contributed by atoms with Crippen LogP contribution in [-0.4, -0.2) is 11.7 Å². The first-order valence-electron chi connectivity index (χ1n) is 6.31. The van der Waals surface area contributed by atoms with Crippen LogP contribution in [0.1, 0.15) is 47.0 Å². The molecule has 0 aromatic rings. The Hall–Kier alpha value is -0.560. The Labute approximate surface area is 100 Å². The van der Waals surface area contributed by atoms with Gasteiger partial charge in [0.25, 0.3) is 0 Å². The van der Waals surface area contributed by atoms with Gasteiger partial charge in [-0.2, -0.15) is 0 Å². The van der Waals surface area contributed by atoms with E-state index in [4.69, 9.17) is 0 Å². The smallest absolute Gasteiger partial charge is 0.0501 e. The molecule has 0 aliphatic heterocycles. The van der Waals surface area contributed by atoms with E-state index in [0.717, 1.165) is 12.8 Å². The monoisotopic (exact) mass is 222 g/mol. The van der Waals surface area contributed by atoms with Gasteiger partial charge in [-0.05, 0) is 44.4 Å². The van der Waals surface area contributed by atoms with Gasteiger partial charge >= 0.3 is 0 Å². The fraction of sp³-hybridized carbons (Fsp3) is 0.733. The van der Waals surface area contributed by atoms with E-state index in [2.05, 4.69) is 40.3 Å². The zero-order valence-electron chi connectivity index (χ0n) is 11.2. The third-order valence-corrected chi connectivity index (χ3v) is 4.25. The van der Waals surface area contributed by atoms with Crippen LogP contribution in [0.4, 0.5) is 0 Å². The Morgan fingerprint density at radius 1 is 1.50 bits per heavy atom. The van der Waals surface area contributed by atoms with Gasteiger partial charge in [0.2, 0.25) is 0 Å². The van der Waals surface area contributed by atoms with Gasteiger partial charge in [0.05, 0.1) is 6.61 Å². The molecule has 0 radical (unpaired) electrons. The second kappa shape index (κ2) is 5.18. The minimum absolute atomic E-state index is 0.177. The number of aliphatic hydroxyl groups is 1. The lowest BCUT2D eigenvalue weighted by atomic mass is 9.60. The maximum Gasteiger partial charge on any atom is 0.0501 e. The minimum Gasteiger partial charge on any atom is -0.396 e. The average molecular weight is 222 g/mol. The van der Waals surface area contributed by atoms with Crippen LogP contribution in [0.5, 0.6) is 0 Å². The normalized spacial score (nSPS) is 28.9. The summed E-state index contributed by atoms with van der Waals surface area (Å²) in [6, 6.07) is 0. The van der Waals surface area contributed by atoms with Gasteiger partial charge in [0.1, 0.15) is 0 Å². The first kappa shape index (κ1) is 13.5. The fourth-order valence-electron chi connectivity index (χ4n) is 2.88. The van der Waals surface area contributed by atoms with Crippen molar-refractivity contribution in [3.8, 4) is 0 Å². The van der Waals surface area contributed by atoms with Crippen molar-refractivity contribution in [1.82, 2.24) is 0 Å². The molecular formula is C15H26O. The first-order valence-corrected chi connectivity index (χ1v) is 6.31. The summed E-state index contributed by atoms with van der Waals surface area (Å²) in [7, 11) is 0. The van der Waals surface area contributed by atoms with Crippen molar-refractivity contribution >= 4 is 0 Å². The van der Waals surface area contributed by atoms with Crippen molar-refractivity contribution in [3.63, 3.8) is 0 Å².